The first-order chi connectivity index (χ1) is 13.2. The van der Waals surface area contributed by atoms with E-state index in [1.54, 1.807) is 30.3 Å². The van der Waals surface area contributed by atoms with Crippen molar-refractivity contribution < 1.29 is 14.3 Å². The minimum absolute atomic E-state index is 0.159. The number of aromatic hydroxyl groups is 1. The lowest BCUT2D eigenvalue weighted by Gasteiger charge is -2.26. The minimum Gasteiger partial charge on any atom is -0.507 e. The number of carbonyl (C=O) groups is 1. The Hall–Kier alpha value is -3.02. The summed E-state index contributed by atoms with van der Waals surface area (Å²) in [7, 11) is 0. The number of carbonyl (C=O) groups excluding carboxylic acids is 1. The highest BCUT2D eigenvalue weighted by molar-refractivity contribution is 6.02. The monoisotopic (exact) mass is 363 g/mol. The number of amides is 1. The zero-order chi connectivity index (χ0) is 18.4. The van der Waals surface area contributed by atoms with E-state index in [0.717, 1.165) is 5.69 Å². The van der Waals surface area contributed by atoms with Gasteiger partial charge in [0.2, 0.25) is 0 Å². The van der Waals surface area contributed by atoms with Crippen LogP contribution >= 0.6 is 0 Å². The van der Waals surface area contributed by atoms with Crippen LogP contribution in [0.1, 0.15) is 60.3 Å². The lowest BCUT2D eigenvalue weighted by Crippen LogP contribution is -2.14. The molecule has 3 aromatic rings. The van der Waals surface area contributed by atoms with Gasteiger partial charge in [0.1, 0.15) is 5.75 Å². The number of furan rings is 1. The maximum Gasteiger partial charge on any atom is 0.291 e. The number of hydrogen-bond donors (Lipinski definition) is 2. The first kappa shape index (κ1) is 16.2. The summed E-state index contributed by atoms with van der Waals surface area (Å²) in [6.45, 7) is 0. The molecule has 27 heavy (non-hydrogen) atoms. The maximum absolute atomic E-state index is 12.2. The zero-order valence-corrected chi connectivity index (χ0v) is 14.9. The van der Waals surface area contributed by atoms with Gasteiger partial charge in [0.25, 0.3) is 5.91 Å². The fraction of sp³-hybridized carbons (Fsp3) is 0.333. The Morgan fingerprint density at radius 2 is 2.04 bits per heavy atom. The summed E-state index contributed by atoms with van der Waals surface area (Å²) < 4.78 is 7.29. The van der Waals surface area contributed by atoms with E-state index in [-0.39, 0.29) is 17.4 Å². The Bertz CT molecular complexity index is 982. The van der Waals surface area contributed by atoms with E-state index < -0.39 is 0 Å². The number of benzene rings is 1. The normalized spacial score (nSPS) is 16.9. The van der Waals surface area contributed by atoms with Crippen molar-refractivity contribution in [2.45, 2.75) is 44.1 Å². The van der Waals surface area contributed by atoms with E-state index >= 15 is 0 Å². The zero-order valence-electron chi connectivity index (χ0n) is 14.9. The number of phenolic OH excluding ortho intramolecular Hbond substituents is 1. The molecule has 2 N–H and O–H groups in total. The van der Waals surface area contributed by atoms with Crippen LogP contribution < -0.4 is 5.32 Å². The van der Waals surface area contributed by atoms with E-state index in [0.29, 0.717) is 23.2 Å². The van der Waals surface area contributed by atoms with Gasteiger partial charge in [-0.15, -0.1) is 0 Å². The third kappa shape index (κ3) is 3.01. The van der Waals surface area contributed by atoms with Crippen LogP contribution in [-0.2, 0) is 0 Å². The average molecular weight is 363 g/mol. The van der Waals surface area contributed by atoms with E-state index in [4.69, 9.17) is 9.52 Å². The van der Waals surface area contributed by atoms with Gasteiger partial charge in [0.15, 0.2) is 5.76 Å². The smallest absolute Gasteiger partial charge is 0.291 e. The van der Waals surface area contributed by atoms with E-state index in [1.165, 1.54) is 44.1 Å². The number of anilines is 1. The predicted octanol–water partition coefficient (Wildman–Crippen LogP) is 4.70. The van der Waals surface area contributed by atoms with Crippen LogP contribution in [0.3, 0.4) is 0 Å². The molecule has 2 heterocycles. The third-order valence-corrected chi connectivity index (χ3v) is 5.46. The molecule has 2 aliphatic carbocycles. The van der Waals surface area contributed by atoms with Crippen molar-refractivity contribution in [3.63, 3.8) is 0 Å². The average Bonchev–Trinajstić information content (AvgIpc) is 3.14. The lowest BCUT2D eigenvalue weighted by molar-refractivity contribution is 0.0996. The number of nitrogens with one attached hydrogen (secondary N) is 1. The molecule has 2 aliphatic rings. The molecule has 1 amide bonds. The summed E-state index contributed by atoms with van der Waals surface area (Å²) in [5, 5.41) is 18.0. The van der Waals surface area contributed by atoms with Crippen LogP contribution in [0.5, 0.6) is 5.75 Å². The molecule has 0 unspecified atom stereocenters. The molecule has 5 rings (SSSR count). The molecular weight excluding hydrogens is 342 g/mol. The maximum atomic E-state index is 12.2. The summed E-state index contributed by atoms with van der Waals surface area (Å²) in [5.74, 6) is 0.660. The molecule has 2 aromatic heterocycles. The fourth-order valence-corrected chi connectivity index (χ4v) is 3.58. The van der Waals surface area contributed by atoms with Gasteiger partial charge in [-0.05, 0) is 62.1 Å². The van der Waals surface area contributed by atoms with Gasteiger partial charge >= 0.3 is 0 Å². The number of nitrogens with zero attached hydrogens (tertiary/aromatic N) is 2. The summed E-state index contributed by atoms with van der Waals surface area (Å²) in [6.07, 6.45) is 7.50. The summed E-state index contributed by atoms with van der Waals surface area (Å²) in [4.78, 5) is 12.2. The SMILES string of the molecule is O=C(Nc1ccc(O)c(-c2cc(C3CCC3)n(C3CC3)n2)c1)c1ccco1. The third-order valence-electron chi connectivity index (χ3n) is 5.46. The summed E-state index contributed by atoms with van der Waals surface area (Å²) in [5.41, 5.74) is 3.26. The highest BCUT2D eigenvalue weighted by Gasteiger charge is 2.32. The summed E-state index contributed by atoms with van der Waals surface area (Å²) in [6, 6.07) is 10.9. The number of rotatable bonds is 5. The molecular formula is C21H21N3O3. The molecule has 138 valence electrons. The number of aromatic nitrogens is 2. The summed E-state index contributed by atoms with van der Waals surface area (Å²) >= 11 is 0. The highest BCUT2D eigenvalue weighted by atomic mass is 16.3. The Morgan fingerprint density at radius 1 is 1.19 bits per heavy atom. The number of hydrogen-bond acceptors (Lipinski definition) is 4. The molecule has 0 radical (unpaired) electrons. The molecule has 2 fully saturated rings. The van der Waals surface area contributed by atoms with Crippen molar-refractivity contribution >= 4 is 11.6 Å². The second-order valence-corrected chi connectivity index (χ2v) is 7.42. The molecule has 6 heteroatoms. The standard InChI is InChI=1S/C21H21N3O3/c25-19-9-6-14(22-21(26)20-5-2-10-27-20)11-16(19)17-12-18(13-3-1-4-13)24(23-17)15-7-8-15/h2,5-6,9-13,15,25H,1,3-4,7-8H2,(H,22,26). The topological polar surface area (TPSA) is 80.3 Å². The van der Waals surface area contributed by atoms with Crippen LogP contribution in [0.25, 0.3) is 11.3 Å². The van der Waals surface area contributed by atoms with Crippen molar-refractivity contribution in [1.29, 1.82) is 0 Å². The lowest BCUT2D eigenvalue weighted by atomic mass is 9.82. The highest BCUT2D eigenvalue weighted by Crippen LogP contribution is 2.44. The van der Waals surface area contributed by atoms with Crippen LogP contribution in [0, 0.1) is 0 Å². The van der Waals surface area contributed by atoms with Crippen molar-refractivity contribution in [3.05, 3.63) is 54.1 Å². The van der Waals surface area contributed by atoms with E-state index in [2.05, 4.69) is 16.1 Å². The molecule has 6 nitrogen and oxygen atoms in total. The van der Waals surface area contributed by atoms with Gasteiger partial charge in [-0.1, -0.05) is 6.42 Å². The first-order valence-electron chi connectivity index (χ1n) is 9.47. The molecule has 0 bridgehead atoms. The fourth-order valence-electron chi connectivity index (χ4n) is 3.58. The van der Waals surface area contributed by atoms with Gasteiger partial charge in [-0.2, -0.15) is 5.10 Å². The van der Waals surface area contributed by atoms with E-state index in [9.17, 15) is 9.90 Å². The van der Waals surface area contributed by atoms with Gasteiger partial charge < -0.3 is 14.8 Å². The second kappa shape index (κ2) is 6.30. The second-order valence-electron chi connectivity index (χ2n) is 7.42. The van der Waals surface area contributed by atoms with Crippen LogP contribution in [-0.4, -0.2) is 20.8 Å². The molecule has 0 spiro atoms. The van der Waals surface area contributed by atoms with E-state index in [1.807, 2.05) is 0 Å². The Balaban J connectivity index is 1.47. The van der Waals surface area contributed by atoms with Crippen LogP contribution in [0.2, 0.25) is 0 Å². The van der Waals surface area contributed by atoms with Crippen molar-refractivity contribution in [2.24, 2.45) is 0 Å². The molecule has 1 aromatic carbocycles. The first-order valence-corrected chi connectivity index (χ1v) is 9.47. The van der Waals surface area contributed by atoms with Crippen molar-refractivity contribution in [3.8, 4) is 17.0 Å². The molecule has 0 saturated heterocycles. The van der Waals surface area contributed by atoms with Crippen LogP contribution in [0.15, 0.2) is 47.1 Å². The van der Waals surface area contributed by atoms with Crippen molar-refractivity contribution in [2.75, 3.05) is 5.32 Å². The largest absolute Gasteiger partial charge is 0.507 e. The van der Waals surface area contributed by atoms with Crippen LogP contribution in [0.4, 0.5) is 5.69 Å². The molecule has 2 saturated carbocycles. The molecule has 0 atom stereocenters. The van der Waals surface area contributed by atoms with Gasteiger partial charge in [0.05, 0.1) is 18.0 Å². The Kier molecular flexibility index (Phi) is 3.77. The number of phenols is 1. The Morgan fingerprint density at radius 3 is 2.70 bits per heavy atom. The minimum atomic E-state index is -0.324. The van der Waals surface area contributed by atoms with Crippen molar-refractivity contribution in [1.82, 2.24) is 9.78 Å². The Labute approximate surface area is 156 Å². The van der Waals surface area contributed by atoms with Gasteiger partial charge in [-0.3, -0.25) is 9.48 Å². The van der Waals surface area contributed by atoms with Gasteiger partial charge in [0, 0.05) is 22.9 Å². The quantitative estimate of drug-likeness (QED) is 0.644. The van der Waals surface area contributed by atoms with Gasteiger partial charge in [-0.25, -0.2) is 0 Å². The predicted molar refractivity (Wildman–Crippen MR) is 101 cm³/mol. The molecule has 0 aliphatic heterocycles.